The maximum Gasteiger partial charge on any atom is 0.231 e. The van der Waals surface area contributed by atoms with Crippen LogP contribution in [0.5, 0.6) is 5.88 Å². The standard InChI is InChI=1S/C20H13ClF3N3O/c21-14-3-1-2-12(8-14)6-7-28-19-5-4-18-25-11-17(27(18)26-19)13-9-15(22)20(24)16(23)10-13/h1-5,8-11H,6-7H2. The zero-order chi connectivity index (χ0) is 19.7. The number of aromatic nitrogens is 3. The van der Waals surface area contributed by atoms with E-state index >= 15 is 0 Å². The Labute approximate surface area is 163 Å². The molecule has 0 saturated heterocycles. The Hall–Kier alpha value is -3.06. The molecule has 0 fully saturated rings. The van der Waals surface area contributed by atoms with E-state index in [0.29, 0.717) is 35.3 Å². The molecular formula is C20H13ClF3N3O. The van der Waals surface area contributed by atoms with Crippen LogP contribution >= 0.6 is 11.6 Å². The van der Waals surface area contributed by atoms with Gasteiger partial charge in [0.1, 0.15) is 0 Å². The molecule has 0 spiro atoms. The first-order chi connectivity index (χ1) is 13.5. The number of ether oxygens (including phenoxy) is 1. The Morgan fingerprint density at radius 1 is 1.00 bits per heavy atom. The van der Waals surface area contributed by atoms with Crippen molar-refractivity contribution in [2.75, 3.05) is 6.61 Å². The molecule has 0 N–H and O–H groups in total. The molecule has 2 aromatic carbocycles. The van der Waals surface area contributed by atoms with Crippen LogP contribution in [0.25, 0.3) is 16.9 Å². The van der Waals surface area contributed by atoms with E-state index in [1.54, 1.807) is 18.2 Å². The largest absolute Gasteiger partial charge is 0.476 e. The van der Waals surface area contributed by atoms with Gasteiger partial charge in [-0.2, -0.15) is 0 Å². The quantitative estimate of drug-likeness (QED) is 0.436. The van der Waals surface area contributed by atoms with Gasteiger partial charge in [0, 0.05) is 23.1 Å². The van der Waals surface area contributed by atoms with Gasteiger partial charge in [-0.1, -0.05) is 23.7 Å². The summed E-state index contributed by atoms with van der Waals surface area (Å²) in [6, 6.07) is 12.6. The molecule has 8 heteroatoms. The van der Waals surface area contributed by atoms with Crippen LogP contribution in [-0.4, -0.2) is 21.2 Å². The first kappa shape index (κ1) is 18.3. The van der Waals surface area contributed by atoms with Crippen molar-refractivity contribution in [2.24, 2.45) is 0 Å². The Morgan fingerprint density at radius 3 is 2.54 bits per heavy atom. The molecule has 0 aliphatic heterocycles. The van der Waals surface area contributed by atoms with Crippen molar-refractivity contribution >= 4 is 17.2 Å². The van der Waals surface area contributed by atoms with Crippen LogP contribution in [0, 0.1) is 17.5 Å². The van der Waals surface area contributed by atoms with E-state index in [9.17, 15) is 13.2 Å². The van der Waals surface area contributed by atoms with Crippen LogP contribution in [0.3, 0.4) is 0 Å². The maximum absolute atomic E-state index is 13.6. The monoisotopic (exact) mass is 403 g/mol. The van der Waals surface area contributed by atoms with E-state index in [-0.39, 0.29) is 5.56 Å². The van der Waals surface area contributed by atoms with Crippen LogP contribution in [0.4, 0.5) is 13.2 Å². The van der Waals surface area contributed by atoms with Crippen LogP contribution < -0.4 is 4.74 Å². The minimum absolute atomic E-state index is 0.118. The fraction of sp³-hybridized carbons (Fsp3) is 0.100. The average molecular weight is 404 g/mol. The van der Waals surface area contributed by atoms with Crippen molar-refractivity contribution in [1.29, 1.82) is 0 Å². The molecule has 4 aromatic rings. The number of imidazole rings is 1. The predicted octanol–water partition coefficient (Wildman–Crippen LogP) is 5.09. The zero-order valence-corrected chi connectivity index (χ0v) is 15.1. The second-order valence-corrected chi connectivity index (χ2v) is 6.50. The van der Waals surface area contributed by atoms with Gasteiger partial charge in [-0.25, -0.2) is 22.7 Å². The Bertz CT molecular complexity index is 1140. The molecule has 0 radical (unpaired) electrons. The summed E-state index contributed by atoms with van der Waals surface area (Å²) in [7, 11) is 0. The SMILES string of the molecule is Fc1cc(-c2cnc3ccc(OCCc4cccc(Cl)c4)nn23)cc(F)c1F. The van der Waals surface area contributed by atoms with Crippen molar-refractivity contribution in [3.63, 3.8) is 0 Å². The molecule has 28 heavy (non-hydrogen) atoms. The average Bonchev–Trinajstić information content (AvgIpc) is 3.09. The molecule has 142 valence electrons. The van der Waals surface area contributed by atoms with Gasteiger partial charge >= 0.3 is 0 Å². The van der Waals surface area contributed by atoms with E-state index < -0.39 is 17.5 Å². The third kappa shape index (κ3) is 3.66. The van der Waals surface area contributed by atoms with E-state index in [2.05, 4.69) is 10.1 Å². The Morgan fingerprint density at radius 2 is 1.79 bits per heavy atom. The molecule has 4 nitrogen and oxygen atoms in total. The van der Waals surface area contributed by atoms with E-state index in [1.165, 1.54) is 10.7 Å². The van der Waals surface area contributed by atoms with Gasteiger partial charge in [-0.3, -0.25) is 0 Å². The molecule has 0 amide bonds. The highest BCUT2D eigenvalue weighted by Gasteiger charge is 2.15. The van der Waals surface area contributed by atoms with E-state index in [0.717, 1.165) is 17.7 Å². The van der Waals surface area contributed by atoms with Gasteiger partial charge in [-0.05, 0) is 35.9 Å². The summed E-state index contributed by atoms with van der Waals surface area (Å²) in [5, 5.41) is 4.96. The third-order valence-electron chi connectivity index (χ3n) is 4.15. The Balaban J connectivity index is 1.58. The molecule has 2 heterocycles. The van der Waals surface area contributed by atoms with E-state index in [4.69, 9.17) is 16.3 Å². The molecule has 0 bridgehead atoms. The third-order valence-corrected chi connectivity index (χ3v) is 4.38. The summed E-state index contributed by atoms with van der Waals surface area (Å²) in [6.07, 6.45) is 2.04. The number of hydrogen-bond donors (Lipinski definition) is 0. The molecule has 0 unspecified atom stereocenters. The van der Waals surface area contributed by atoms with Crippen molar-refractivity contribution in [1.82, 2.24) is 14.6 Å². The van der Waals surface area contributed by atoms with Crippen LogP contribution in [0.1, 0.15) is 5.56 Å². The molecule has 0 saturated carbocycles. The second-order valence-electron chi connectivity index (χ2n) is 6.07. The molecular weight excluding hydrogens is 391 g/mol. The number of hydrogen-bond acceptors (Lipinski definition) is 3. The van der Waals surface area contributed by atoms with Gasteiger partial charge in [-0.15, -0.1) is 5.10 Å². The molecule has 2 aromatic heterocycles. The topological polar surface area (TPSA) is 39.4 Å². The minimum Gasteiger partial charge on any atom is -0.476 e. The number of rotatable bonds is 5. The lowest BCUT2D eigenvalue weighted by molar-refractivity contribution is 0.305. The van der Waals surface area contributed by atoms with E-state index in [1.807, 2.05) is 18.2 Å². The highest BCUT2D eigenvalue weighted by atomic mass is 35.5. The highest BCUT2D eigenvalue weighted by Crippen LogP contribution is 2.25. The lowest BCUT2D eigenvalue weighted by Crippen LogP contribution is -2.05. The van der Waals surface area contributed by atoms with Gasteiger partial charge in [0.15, 0.2) is 23.1 Å². The summed E-state index contributed by atoms with van der Waals surface area (Å²) < 4.78 is 47.4. The molecule has 4 rings (SSSR count). The minimum atomic E-state index is -1.52. The molecule has 0 aliphatic rings. The number of halogens is 4. The van der Waals surface area contributed by atoms with Crippen molar-refractivity contribution in [3.05, 3.63) is 82.8 Å². The van der Waals surface area contributed by atoms with Crippen LogP contribution in [-0.2, 0) is 6.42 Å². The van der Waals surface area contributed by atoms with Gasteiger partial charge in [0.2, 0.25) is 5.88 Å². The first-order valence-electron chi connectivity index (χ1n) is 8.38. The fourth-order valence-corrected chi connectivity index (χ4v) is 3.01. The first-order valence-corrected chi connectivity index (χ1v) is 8.76. The lowest BCUT2D eigenvalue weighted by Gasteiger charge is -2.07. The smallest absolute Gasteiger partial charge is 0.231 e. The predicted molar refractivity (Wildman–Crippen MR) is 98.9 cm³/mol. The van der Waals surface area contributed by atoms with Crippen molar-refractivity contribution in [3.8, 4) is 17.1 Å². The van der Waals surface area contributed by atoms with Gasteiger partial charge < -0.3 is 4.74 Å². The van der Waals surface area contributed by atoms with Crippen molar-refractivity contribution in [2.45, 2.75) is 6.42 Å². The maximum atomic E-state index is 13.6. The second kappa shape index (κ2) is 7.52. The van der Waals surface area contributed by atoms with Crippen LogP contribution in [0.15, 0.2) is 54.7 Å². The van der Waals surface area contributed by atoms with Crippen molar-refractivity contribution < 1.29 is 17.9 Å². The van der Waals surface area contributed by atoms with Gasteiger partial charge in [0.25, 0.3) is 0 Å². The number of benzene rings is 2. The van der Waals surface area contributed by atoms with Gasteiger partial charge in [0.05, 0.1) is 18.5 Å². The summed E-state index contributed by atoms with van der Waals surface area (Å²) in [5.41, 5.74) is 1.91. The molecule has 0 aliphatic carbocycles. The fourth-order valence-electron chi connectivity index (χ4n) is 2.80. The Kier molecular flexibility index (Phi) is 4.92. The highest BCUT2D eigenvalue weighted by molar-refractivity contribution is 6.30. The summed E-state index contributed by atoms with van der Waals surface area (Å²) in [6.45, 7) is 0.364. The normalized spacial score (nSPS) is 11.1. The summed E-state index contributed by atoms with van der Waals surface area (Å²) >= 11 is 5.96. The lowest BCUT2D eigenvalue weighted by atomic mass is 10.1. The summed E-state index contributed by atoms with van der Waals surface area (Å²) in [5.74, 6) is -3.76. The zero-order valence-electron chi connectivity index (χ0n) is 14.4. The van der Waals surface area contributed by atoms with Crippen LogP contribution in [0.2, 0.25) is 5.02 Å². The summed E-state index contributed by atoms with van der Waals surface area (Å²) in [4.78, 5) is 4.15. The number of fused-ring (bicyclic) bond motifs is 1. The number of nitrogens with zero attached hydrogens (tertiary/aromatic N) is 3. The molecule has 0 atom stereocenters.